The summed E-state index contributed by atoms with van der Waals surface area (Å²) >= 11 is 0. The maximum atomic E-state index is 12.9. The van der Waals surface area contributed by atoms with Crippen LogP contribution in [0.1, 0.15) is 30.8 Å². The molecule has 3 aromatic rings. The van der Waals surface area contributed by atoms with Gasteiger partial charge in [-0.3, -0.25) is 9.89 Å². The van der Waals surface area contributed by atoms with E-state index >= 15 is 0 Å². The second-order valence-corrected chi connectivity index (χ2v) is 4.88. The van der Waals surface area contributed by atoms with E-state index in [1.807, 2.05) is 13.0 Å². The molecular weight excluding hydrogens is 280 g/mol. The molecule has 110 valence electrons. The molecule has 0 fully saturated rings. The number of hydrogen-bond acceptors (Lipinski definition) is 5. The summed E-state index contributed by atoms with van der Waals surface area (Å²) in [6.45, 7) is 1.92. The first-order valence-electron chi connectivity index (χ1n) is 6.88. The van der Waals surface area contributed by atoms with Crippen molar-refractivity contribution in [3.8, 4) is 11.9 Å². The average molecular weight is 294 g/mol. The van der Waals surface area contributed by atoms with E-state index in [0.29, 0.717) is 29.1 Å². The summed E-state index contributed by atoms with van der Waals surface area (Å²) in [5.74, 6) is 0.922. The highest BCUT2D eigenvalue weighted by molar-refractivity contribution is 5.84. The van der Waals surface area contributed by atoms with Gasteiger partial charge < -0.3 is 5.73 Å². The van der Waals surface area contributed by atoms with E-state index in [2.05, 4.69) is 15.2 Å². The molecule has 0 amide bonds. The lowest BCUT2D eigenvalue weighted by Gasteiger charge is -2.16. The van der Waals surface area contributed by atoms with Gasteiger partial charge in [-0.05, 0) is 18.6 Å². The van der Waals surface area contributed by atoms with Gasteiger partial charge in [0.15, 0.2) is 0 Å². The van der Waals surface area contributed by atoms with E-state index in [-0.39, 0.29) is 10.9 Å². The molecule has 0 aliphatic carbocycles. The average Bonchev–Trinajstić information content (AvgIpc) is 3.07. The van der Waals surface area contributed by atoms with E-state index in [1.54, 1.807) is 30.5 Å². The summed E-state index contributed by atoms with van der Waals surface area (Å²) < 4.78 is 1.39. The number of hydrogen-bond donors (Lipinski definition) is 2. The van der Waals surface area contributed by atoms with Crippen LogP contribution in [0.5, 0.6) is 0 Å². The number of benzene rings is 1. The van der Waals surface area contributed by atoms with Gasteiger partial charge in [0.2, 0.25) is 0 Å². The number of nitrogens with one attached hydrogen (secondary N) is 1. The van der Waals surface area contributed by atoms with E-state index in [1.165, 1.54) is 4.57 Å². The van der Waals surface area contributed by atoms with Gasteiger partial charge in [0.1, 0.15) is 17.7 Å². The van der Waals surface area contributed by atoms with E-state index in [4.69, 9.17) is 5.73 Å². The van der Waals surface area contributed by atoms with Crippen LogP contribution in [0.4, 0.5) is 0 Å². The van der Waals surface area contributed by atoms with Crippen molar-refractivity contribution in [1.29, 1.82) is 5.26 Å². The fourth-order valence-electron chi connectivity index (χ4n) is 2.38. The molecule has 22 heavy (non-hydrogen) atoms. The zero-order valence-corrected chi connectivity index (χ0v) is 11.9. The minimum absolute atomic E-state index is 0.284. The Labute approximate surface area is 126 Å². The van der Waals surface area contributed by atoms with Gasteiger partial charge in [0.05, 0.1) is 28.7 Å². The molecule has 2 heterocycles. The summed E-state index contributed by atoms with van der Waals surface area (Å²) in [6.07, 6.45) is 2.17. The van der Waals surface area contributed by atoms with Crippen molar-refractivity contribution in [2.24, 2.45) is 5.73 Å². The van der Waals surface area contributed by atoms with Gasteiger partial charge in [-0.2, -0.15) is 10.4 Å². The first-order valence-corrected chi connectivity index (χ1v) is 6.88. The fraction of sp³-hybridized carbons (Fsp3) is 0.200. The van der Waals surface area contributed by atoms with Crippen molar-refractivity contribution in [2.45, 2.75) is 19.4 Å². The summed E-state index contributed by atoms with van der Waals surface area (Å²) in [5.41, 5.74) is 6.54. The number of nitriles is 1. The van der Waals surface area contributed by atoms with Crippen LogP contribution >= 0.6 is 0 Å². The van der Waals surface area contributed by atoms with Gasteiger partial charge in [0, 0.05) is 6.07 Å². The van der Waals surface area contributed by atoms with Crippen molar-refractivity contribution >= 4 is 10.9 Å². The third kappa shape index (κ3) is 2.06. The van der Waals surface area contributed by atoms with Crippen molar-refractivity contribution < 1.29 is 0 Å². The summed E-state index contributed by atoms with van der Waals surface area (Å²) in [5, 5.41) is 16.1. The Bertz CT molecular complexity index is 920. The molecule has 7 heteroatoms. The minimum Gasteiger partial charge on any atom is -0.321 e. The standard InChI is InChI=1S/C15H14N6O/c1-2-10(17)14-19-11-5-3-4-9(8-16)13(11)15(22)21(14)12-6-7-18-20-12/h3-7,10H,2,17H2,1H3,(H,18,20)/t10-/m0/s1. The molecule has 3 N–H and O–H groups in total. The molecule has 0 aliphatic heterocycles. The molecule has 3 rings (SSSR count). The highest BCUT2D eigenvalue weighted by atomic mass is 16.1. The number of aromatic nitrogens is 4. The Morgan fingerprint density at radius 3 is 2.91 bits per heavy atom. The lowest BCUT2D eigenvalue weighted by atomic mass is 10.1. The van der Waals surface area contributed by atoms with E-state index < -0.39 is 6.04 Å². The fourth-order valence-corrected chi connectivity index (χ4v) is 2.38. The first kappa shape index (κ1) is 14.0. The Morgan fingerprint density at radius 2 is 2.27 bits per heavy atom. The van der Waals surface area contributed by atoms with Gasteiger partial charge in [-0.25, -0.2) is 9.55 Å². The minimum atomic E-state index is -0.397. The molecule has 0 unspecified atom stereocenters. The largest absolute Gasteiger partial charge is 0.321 e. The van der Waals surface area contributed by atoms with Gasteiger partial charge in [-0.1, -0.05) is 13.0 Å². The third-order valence-corrected chi connectivity index (χ3v) is 3.54. The second kappa shape index (κ2) is 5.42. The van der Waals surface area contributed by atoms with Gasteiger partial charge >= 0.3 is 0 Å². The number of fused-ring (bicyclic) bond motifs is 1. The topological polar surface area (TPSA) is 113 Å². The predicted octanol–water partition coefficient (Wildman–Crippen LogP) is 1.39. The third-order valence-electron chi connectivity index (χ3n) is 3.54. The highest BCUT2D eigenvalue weighted by Crippen LogP contribution is 2.19. The summed E-state index contributed by atoms with van der Waals surface area (Å²) in [4.78, 5) is 17.4. The van der Waals surface area contributed by atoms with Crippen molar-refractivity contribution in [3.63, 3.8) is 0 Å². The van der Waals surface area contributed by atoms with Crippen LogP contribution in [0.15, 0.2) is 35.3 Å². The molecule has 0 saturated carbocycles. The number of nitrogens with zero attached hydrogens (tertiary/aromatic N) is 4. The van der Waals surface area contributed by atoms with Crippen molar-refractivity contribution in [2.75, 3.05) is 0 Å². The molecule has 1 atom stereocenters. The Morgan fingerprint density at radius 1 is 1.45 bits per heavy atom. The lowest BCUT2D eigenvalue weighted by Crippen LogP contribution is -2.29. The van der Waals surface area contributed by atoms with E-state index in [0.717, 1.165) is 0 Å². The number of rotatable bonds is 3. The Kier molecular flexibility index (Phi) is 3.45. The quantitative estimate of drug-likeness (QED) is 0.757. The second-order valence-electron chi connectivity index (χ2n) is 4.88. The number of aromatic amines is 1. The molecule has 0 aliphatic rings. The monoisotopic (exact) mass is 294 g/mol. The summed E-state index contributed by atoms with van der Waals surface area (Å²) in [6, 6.07) is 8.31. The normalized spacial score (nSPS) is 12.2. The maximum Gasteiger partial charge on any atom is 0.268 e. The van der Waals surface area contributed by atoms with Crippen molar-refractivity contribution in [1.82, 2.24) is 19.7 Å². The molecule has 2 aromatic heterocycles. The van der Waals surface area contributed by atoms with Crippen LogP contribution < -0.4 is 11.3 Å². The van der Waals surface area contributed by atoms with Gasteiger partial charge in [-0.15, -0.1) is 0 Å². The van der Waals surface area contributed by atoms with Gasteiger partial charge in [0.25, 0.3) is 5.56 Å². The zero-order chi connectivity index (χ0) is 15.7. The zero-order valence-electron chi connectivity index (χ0n) is 11.9. The molecule has 1 aromatic carbocycles. The van der Waals surface area contributed by atoms with Crippen molar-refractivity contribution in [3.05, 3.63) is 52.2 Å². The molecule has 7 nitrogen and oxygen atoms in total. The molecule has 0 radical (unpaired) electrons. The van der Waals surface area contributed by atoms with Crippen LogP contribution in [0.25, 0.3) is 16.7 Å². The summed E-state index contributed by atoms with van der Waals surface area (Å²) in [7, 11) is 0. The molecule has 0 spiro atoms. The molecule has 0 saturated heterocycles. The number of nitrogens with two attached hydrogens (primary N) is 1. The van der Waals surface area contributed by atoms with Crippen LogP contribution in [0.3, 0.4) is 0 Å². The Hall–Kier alpha value is -2.98. The van der Waals surface area contributed by atoms with Crippen LogP contribution in [0.2, 0.25) is 0 Å². The van der Waals surface area contributed by atoms with Crippen LogP contribution in [-0.4, -0.2) is 19.7 Å². The smallest absolute Gasteiger partial charge is 0.268 e. The first-order chi connectivity index (χ1) is 10.7. The van der Waals surface area contributed by atoms with Crippen LogP contribution in [-0.2, 0) is 0 Å². The highest BCUT2D eigenvalue weighted by Gasteiger charge is 2.19. The van der Waals surface area contributed by atoms with E-state index in [9.17, 15) is 10.1 Å². The SMILES string of the molecule is CC[C@H](N)c1nc2cccc(C#N)c2c(=O)n1-c1ccn[nH]1. The maximum absolute atomic E-state index is 12.9. The molecular formula is C15H14N6O. The Balaban J connectivity index is 2.47. The number of H-pyrrole nitrogens is 1. The lowest BCUT2D eigenvalue weighted by molar-refractivity contribution is 0.618. The molecule has 0 bridgehead atoms. The van der Waals surface area contributed by atoms with Crippen LogP contribution in [0, 0.1) is 11.3 Å². The predicted molar refractivity (Wildman–Crippen MR) is 81.4 cm³/mol.